The fourth-order valence-corrected chi connectivity index (χ4v) is 1.79. The number of rotatable bonds is 3. The van der Waals surface area contributed by atoms with E-state index in [-0.39, 0.29) is 22.8 Å². The molecule has 1 aliphatic rings. The summed E-state index contributed by atoms with van der Waals surface area (Å²) in [6.07, 6.45) is 1.48. The second kappa shape index (κ2) is 5.29. The average molecular weight is 259 g/mol. The van der Waals surface area contributed by atoms with Crippen LogP contribution in [0, 0.1) is 10.1 Å². The van der Waals surface area contributed by atoms with Gasteiger partial charge < -0.3 is 9.47 Å². The zero-order chi connectivity index (χ0) is 12.3. The number of hydrogen-bond donors (Lipinski definition) is 0. The quantitative estimate of drug-likeness (QED) is 0.472. The van der Waals surface area contributed by atoms with Crippen LogP contribution in [0.2, 0.25) is 5.15 Å². The minimum atomic E-state index is -0.523. The summed E-state index contributed by atoms with van der Waals surface area (Å²) in [6.45, 7) is 1.26. The van der Waals surface area contributed by atoms with Crippen molar-refractivity contribution in [2.45, 2.75) is 18.9 Å². The maximum atomic E-state index is 10.6. The molecule has 0 aliphatic carbocycles. The molecule has 1 aliphatic heterocycles. The third kappa shape index (κ3) is 3.28. The van der Waals surface area contributed by atoms with E-state index in [4.69, 9.17) is 21.1 Å². The average Bonchev–Trinajstić information content (AvgIpc) is 2.29. The summed E-state index contributed by atoms with van der Waals surface area (Å²) in [7, 11) is 0. The molecule has 0 bridgehead atoms. The molecule has 1 aromatic heterocycles. The molecular weight excluding hydrogens is 248 g/mol. The Morgan fingerprint density at radius 1 is 1.47 bits per heavy atom. The van der Waals surface area contributed by atoms with Gasteiger partial charge in [-0.25, -0.2) is 4.98 Å². The van der Waals surface area contributed by atoms with Crippen LogP contribution in [-0.4, -0.2) is 29.2 Å². The number of ether oxygens (including phenoxy) is 2. The van der Waals surface area contributed by atoms with E-state index < -0.39 is 4.92 Å². The van der Waals surface area contributed by atoms with Gasteiger partial charge in [-0.05, 0) is 0 Å². The molecule has 0 radical (unpaired) electrons. The van der Waals surface area contributed by atoms with Crippen molar-refractivity contribution in [3.05, 3.63) is 27.4 Å². The second-order valence-electron chi connectivity index (χ2n) is 3.67. The summed E-state index contributed by atoms with van der Waals surface area (Å²) >= 11 is 5.69. The van der Waals surface area contributed by atoms with E-state index in [0.717, 1.165) is 12.8 Å². The monoisotopic (exact) mass is 258 g/mol. The second-order valence-corrected chi connectivity index (χ2v) is 4.06. The number of halogens is 1. The van der Waals surface area contributed by atoms with E-state index in [1.54, 1.807) is 0 Å². The van der Waals surface area contributed by atoms with Gasteiger partial charge in [0.15, 0.2) is 0 Å². The highest BCUT2D eigenvalue weighted by Crippen LogP contribution is 2.24. The first kappa shape index (κ1) is 12.1. The van der Waals surface area contributed by atoms with Crippen LogP contribution in [0.3, 0.4) is 0 Å². The van der Waals surface area contributed by atoms with Gasteiger partial charge in [-0.15, -0.1) is 0 Å². The van der Waals surface area contributed by atoms with Gasteiger partial charge >= 0.3 is 0 Å². The lowest BCUT2D eigenvalue weighted by atomic mass is 10.1. The highest BCUT2D eigenvalue weighted by Gasteiger charge is 2.18. The Kier molecular flexibility index (Phi) is 3.75. The van der Waals surface area contributed by atoms with Crippen LogP contribution >= 0.6 is 11.6 Å². The first-order valence-corrected chi connectivity index (χ1v) is 5.59. The van der Waals surface area contributed by atoms with E-state index in [1.807, 2.05) is 0 Å². The summed E-state index contributed by atoms with van der Waals surface area (Å²) in [6, 6.07) is 2.47. The summed E-state index contributed by atoms with van der Waals surface area (Å²) in [4.78, 5) is 14.0. The van der Waals surface area contributed by atoms with Gasteiger partial charge in [-0.1, -0.05) is 11.6 Å². The van der Waals surface area contributed by atoms with E-state index >= 15 is 0 Å². The molecule has 0 atom stereocenters. The summed E-state index contributed by atoms with van der Waals surface area (Å²) in [5.74, 6) is 0.191. The Bertz CT molecular complexity index is 421. The predicted molar refractivity (Wildman–Crippen MR) is 60.4 cm³/mol. The van der Waals surface area contributed by atoms with Crippen LogP contribution in [-0.2, 0) is 4.74 Å². The van der Waals surface area contributed by atoms with E-state index in [2.05, 4.69) is 4.98 Å². The molecule has 0 saturated carbocycles. The Hall–Kier alpha value is -1.40. The predicted octanol–water partition coefficient (Wildman–Crippen LogP) is 2.20. The zero-order valence-electron chi connectivity index (χ0n) is 8.97. The van der Waals surface area contributed by atoms with Crippen LogP contribution in [0.1, 0.15) is 12.8 Å². The van der Waals surface area contributed by atoms with Gasteiger partial charge in [-0.3, -0.25) is 10.1 Å². The van der Waals surface area contributed by atoms with Crippen molar-refractivity contribution in [1.29, 1.82) is 0 Å². The lowest BCUT2D eigenvalue weighted by molar-refractivity contribution is -0.385. The maximum absolute atomic E-state index is 10.6. The van der Waals surface area contributed by atoms with Crippen LogP contribution in [0.25, 0.3) is 0 Å². The molecule has 92 valence electrons. The lowest BCUT2D eigenvalue weighted by Crippen LogP contribution is -2.26. The number of nitrogens with zero attached hydrogens (tertiary/aromatic N) is 2. The smallest absolute Gasteiger partial charge is 0.277 e. The fourth-order valence-electron chi connectivity index (χ4n) is 1.59. The van der Waals surface area contributed by atoms with Crippen molar-refractivity contribution >= 4 is 17.3 Å². The lowest BCUT2D eigenvalue weighted by Gasteiger charge is -2.22. The Morgan fingerprint density at radius 3 is 2.82 bits per heavy atom. The van der Waals surface area contributed by atoms with Crippen molar-refractivity contribution < 1.29 is 14.4 Å². The van der Waals surface area contributed by atoms with E-state index in [9.17, 15) is 10.1 Å². The largest absolute Gasteiger partial charge is 0.474 e. The summed E-state index contributed by atoms with van der Waals surface area (Å²) in [5, 5.41) is 10.7. The number of hydrogen-bond acceptors (Lipinski definition) is 5. The van der Waals surface area contributed by atoms with Gasteiger partial charge in [0, 0.05) is 12.8 Å². The molecule has 0 unspecified atom stereocenters. The first-order valence-electron chi connectivity index (χ1n) is 5.21. The Labute approximate surface area is 103 Å². The number of aromatic nitrogens is 1. The number of nitro groups is 1. The van der Waals surface area contributed by atoms with Gasteiger partial charge in [0.1, 0.15) is 11.3 Å². The highest BCUT2D eigenvalue weighted by molar-refractivity contribution is 6.29. The minimum absolute atomic E-state index is 0.0191. The highest BCUT2D eigenvalue weighted by atomic mass is 35.5. The molecule has 0 aromatic carbocycles. The number of pyridine rings is 1. The van der Waals surface area contributed by atoms with Crippen molar-refractivity contribution in [1.82, 2.24) is 4.98 Å². The third-order valence-electron chi connectivity index (χ3n) is 2.42. The van der Waals surface area contributed by atoms with Crippen LogP contribution in [0.4, 0.5) is 5.69 Å². The maximum Gasteiger partial charge on any atom is 0.277 e. The molecule has 1 aromatic rings. The van der Waals surface area contributed by atoms with Gasteiger partial charge in [0.2, 0.25) is 5.88 Å². The molecule has 6 nitrogen and oxygen atoms in total. The molecule has 2 rings (SSSR count). The molecule has 1 saturated heterocycles. The van der Waals surface area contributed by atoms with Crippen molar-refractivity contribution in [3.63, 3.8) is 0 Å². The van der Waals surface area contributed by atoms with Gasteiger partial charge in [-0.2, -0.15) is 0 Å². The van der Waals surface area contributed by atoms with Crippen molar-refractivity contribution in [2.75, 3.05) is 13.2 Å². The topological polar surface area (TPSA) is 74.5 Å². The van der Waals surface area contributed by atoms with E-state index in [1.165, 1.54) is 12.1 Å². The Balaban J connectivity index is 2.11. The SMILES string of the molecule is O=[N+]([O-])c1cc(Cl)nc(OC2CCOCC2)c1. The minimum Gasteiger partial charge on any atom is -0.474 e. The molecular formula is C10H11ClN2O4. The molecule has 17 heavy (non-hydrogen) atoms. The summed E-state index contributed by atoms with van der Waals surface area (Å²) in [5.41, 5.74) is -0.118. The van der Waals surface area contributed by atoms with Crippen LogP contribution < -0.4 is 4.74 Å². The molecule has 0 N–H and O–H groups in total. The Morgan fingerprint density at radius 2 is 2.18 bits per heavy atom. The van der Waals surface area contributed by atoms with Crippen molar-refractivity contribution in [3.8, 4) is 5.88 Å². The molecule has 1 fully saturated rings. The first-order chi connectivity index (χ1) is 8.15. The molecule has 7 heteroatoms. The fraction of sp³-hybridized carbons (Fsp3) is 0.500. The van der Waals surface area contributed by atoms with Gasteiger partial charge in [0.05, 0.1) is 30.3 Å². The molecule has 0 spiro atoms. The normalized spacial score (nSPS) is 16.8. The van der Waals surface area contributed by atoms with Gasteiger partial charge in [0.25, 0.3) is 5.69 Å². The third-order valence-corrected chi connectivity index (χ3v) is 2.62. The standard InChI is InChI=1S/C10H11ClN2O4/c11-9-5-7(13(14)15)6-10(12-9)17-8-1-3-16-4-2-8/h5-6,8H,1-4H2. The van der Waals surface area contributed by atoms with Crippen molar-refractivity contribution in [2.24, 2.45) is 0 Å². The van der Waals surface area contributed by atoms with Crippen LogP contribution in [0.5, 0.6) is 5.88 Å². The molecule has 0 amide bonds. The molecule has 2 heterocycles. The van der Waals surface area contributed by atoms with Crippen LogP contribution in [0.15, 0.2) is 12.1 Å². The van der Waals surface area contributed by atoms with E-state index in [0.29, 0.717) is 13.2 Å². The summed E-state index contributed by atoms with van der Waals surface area (Å²) < 4.78 is 10.7. The zero-order valence-corrected chi connectivity index (χ0v) is 9.72.